The lowest BCUT2D eigenvalue weighted by Crippen LogP contribution is -1.24. The van der Waals surface area contributed by atoms with Crippen LogP contribution >= 0.6 is 18.1 Å². The Morgan fingerprint density at radius 1 is 0.714 bits per heavy atom. The fourth-order valence-electron chi connectivity index (χ4n) is 0. The molecule has 0 saturated heterocycles. The fraction of sp³-hybridized carbons (Fsp3) is 0. The van der Waals surface area contributed by atoms with Gasteiger partial charge in [0.2, 0.25) is 0 Å². The molecule has 7 heteroatoms. The predicted molar refractivity (Wildman–Crippen MR) is 36.8 cm³/mol. The van der Waals surface area contributed by atoms with Crippen LogP contribution in [0.5, 0.6) is 0 Å². The summed E-state index contributed by atoms with van der Waals surface area (Å²) in [6, 6.07) is 0. The lowest BCUT2D eigenvalue weighted by molar-refractivity contribution is 0.511. The summed E-state index contributed by atoms with van der Waals surface area (Å²) in [5.41, 5.74) is 0. The van der Waals surface area contributed by atoms with Crippen molar-refractivity contribution >= 4 is 29.0 Å². The molecule has 0 aromatic rings. The van der Waals surface area contributed by atoms with E-state index in [1.807, 2.05) is 0 Å². The van der Waals surface area contributed by atoms with Crippen molar-refractivity contribution in [3.05, 3.63) is 0 Å². The number of rotatable bonds is 0. The summed E-state index contributed by atoms with van der Waals surface area (Å²) in [5, 5.41) is 0. The minimum Gasteiger partial charge on any atom is -0.352 e. The van der Waals surface area contributed by atoms with Gasteiger partial charge in [-0.3, -0.25) is 0 Å². The van der Waals surface area contributed by atoms with E-state index in [-0.39, 0.29) is 11.0 Å². The van der Waals surface area contributed by atoms with Crippen LogP contribution in [0.15, 0.2) is 0 Å². The average Bonchev–Trinajstić information content (AvgIpc) is 1.39. The third-order valence-electron chi connectivity index (χ3n) is 0. The van der Waals surface area contributed by atoms with Gasteiger partial charge in [0, 0.05) is 0 Å². The molecule has 7 heavy (non-hydrogen) atoms. The van der Waals surface area contributed by atoms with Gasteiger partial charge in [0.25, 0.3) is 0 Å². The van der Waals surface area contributed by atoms with Crippen molar-refractivity contribution in [2.75, 3.05) is 0 Å². The Morgan fingerprint density at radius 3 is 0.714 bits per heavy atom. The Morgan fingerprint density at radius 2 is 0.714 bits per heavy atom. The number of hydrogen-bond acceptors (Lipinski definition) is 4. The molecule has 0 spiro atoms. The van der Waals surface area contributed by atoms with Crippen molar-refractivity contribution in [1.29, 1.82) is 0 Å². The highest BCUT2D eigenvalue weighted by Gasteiger charge is 1.34. The minimum absolute atomic E-state index is 0. The second-order valence-electron chi connectivity index (χ2n) is 0.200. The van der Waals surface area contributed by atoms with E-state index in [2.05, 4.69) is 0 Å². The van der Waals surface area contributed by atoms with Gasteiger partial charge < -0.3 is 19.6 Å². The monoisotopic (exact) mass is 164 g/mol. The zero-order valence-electron chi connectivity index (χ0n) is 2.79. The molecule has 0 heterocycles. The fourth-order valence-corrected chi connectivity index (χ4v) is 0. The topological polar surface area (TPSA) is 80.9 Å². The van der Waals surface area contributed by atoms with Crippen molar-refractivity contribution in [3.8, 4) is 0 Å². The van der Waals surface area contributed by atoms with Gasteiger partial charge in [-0.1, -0.05) is 0 Å². The molecule has 4 N–H and O–H groups in total. The van der Waals surface area contributed by atoms with Gasteiger partial charge in [0.1, 0.15) is 18.1 Å². The molecule has 0 aliphatic rings. The summed E-state index contributed by atoms with van der Waals surface area (Å²) in [7, 11) is -1.83. The van der Waals surface area contributed by atoms with Crippen LogP contribution in [0.4, 0.5) is 0 Å². The van der Waals surface area contributed by atoms with E-state index in [4.69, 9.17) is 19.6 Å². The van der Waals surface area contributed by atoms with Crippen LogP contribution in [0.1, 0.15) is 0 Å². The van der Waals surface area contributed by atoms with Gasteiger partial charge in [0.05, 0.1) is 0 Å². The van der Waals surface area contributed by atoms with Crippen LogP contribution in [0.2, 0.25) is 0 Å². The molecule has 0 amide bonds. The predicted octanol–water partition coefficient (Wildman–Crippen LogP) is -2.49. The molecule has 0 aliphatic carbocycles. The maximum atomic E-state index is 7.15. The molecule has 0 unspecified atom stereocenters. The Labute approximate surface area is 49.5 Å². The molecule has 0 bridgehead atoms. The molecule has 0 rings (SSSR count). The molecule has 0 fully saturated rings. The van der Waals surface area contributed by atoms with Crippen LogP contribution < -0.4 is 0 Å². The zero-order valence-corrected chi connectivity index (χ0v) is 4.79. The second-order valence-corrected chi connectivity index (χ2v) is 0.600. The Bertz CT molecular complexity index is 11.7. The van der Waals surface area contributed by atoms with Crippen molar-refractivity contribution in [3.63, 3.8) is 0 Å². The first kappa shape index (κ1) is 15.7. The smallest absolute Gasteiger partial charge is 0.149 e. The second kappa shape index (κ2) is 28.5. The maximum Gasteiger partial charge on any atom is 0.149 e. The van der Waals surface area contributed by atoms with Gasteiger partial charge in [-0.2, -0.15) is 0 Å². The third-order valence-corrected chi connectivity index (χ3v) is 0. The molecule has 0 aromatic heterocycles. The normalized spacial score (nSPS) is 5.14. The SMILES string of the molecule is OPO.OPO.[SiH4]. The summed E-state index contributed by atoms with van der Waals surface area (Å²) >= 11 is 0. The molecular formula is H10O4P2Si. The lowest BCUT2D eigenvalue weighted by Gasteiger charge is -1.54. The Hall–Kier alpha value is 0.917. The van der Waals surface area contributed by atoms with E-state index >= 15 is 0 Å². The summed E-state index contributed by atoms with van der Waals surface area (Å²) < 4.78 is 0. The molecule has 0 aliphatic heterocycles. The molecule has 0 aromatic carbocycles. The quantitative estimate of drug-likeness (QED) is 0.236. The van der Waals surface area contributed by atoms with E-state index in [0.717, 1.165) is 0 Å². The van der Waals surface area contributed by atoms with Crippen LogP contribution in [-0.4, -0.2) is 30.5 Å². The van der Waals surface area contributed by atoms with Crippen LogP contribution in [0, 0.1) is 0 Å². The van der Waals surface area contributed by atoms with Crippen LogP contribution in [0.25, 0.3) is 0 Å². The molecule has 0 radical (unpaired) electrons. The van der Waals surface area contributed by atoms with Gasteiger partial charge in [-0.15, -0.1) is 0 Å². The first-order valence-corrected chi connectivity index (χ1v) is 2.68. The highest BCUT2D eigenvalue weighted by molar-refractivity contribution is 7.23. The lowest BCUT2D eigenvalue weighted by atomic mass is 15.9. The van der Waals surface area contributed by atoms with E-state index < -0.39 is 18.1 Å². The number of hydrogen-bond donors (Lipinski definition) is 4. The van der Waals surface area contributed by atoms with Crippen molar-refractivity contribution in [1.82, 2.24) is 0 Å². The Balaban J connectivity index is -0.0000000400. The highest BCUT2D eigenvalue weighted by atomic mass is 31.1. The van der Waals surface area contributed by atoms with Gasteiger partial charge in [-0.25, -0.2) is 0 Å². The minimum atomic E-state index is -0.917. The summed E-state index contributed by atoms with van der Waals surface area (Å²) in [6.07, 6.45) is 0. The molecular weight excluding hydrogens is 154 g/mol. The van der Waals surface area contributed by atoms with E-state index in [9.17, 15) is 0 Å². The van der Waals surface area contributed by atoms with Gasteiger partial charge >= 0.3 is 0 Å². The van der Waals surface area contributed by atoms with Crippen LogP contribution in [0.3, 0.4) is 0 Å². The van der Waals surface area contributed by atoms with Gasteiger partial charge in [-0.05, 0) is 11.0 Å². The first-order valence-electron chi connectivity index (χ1n) is 0.894. The summed E-state index contributed by atoms with van der Waals surface area (Å²) in [5.74, 6) is 0. The van der Waals surface area contributed by atoms with Crippen molar-refractivity contribution in [2.45, 2.75) is 0 Å². The molecule has 4 nitrogen and oxygen atoms in total. The summed E-state index contributed by atoms with van der Waals surface area (Å²) in [6.45, 7) is 0. The van der Waals surface area contributed by atoms with E-state index in [1.54, 1.807) is 0 Å². The molecule has 48 valence electrons. The largest absolute Gasteiger partial charge is 0.352 e. The first-order chi connectivity index (χ1) is 2.83. The zero-order chi connectivity index (χ0) is 5.41. The highest BCUT2D eigenvalue weighted by Crippen LogP contribution is 1.82. The van der Waals surface area contributed by atoms with E-state index in [0.29, 0.717) is 0 Å². The maximum absolute atomic E-state index is 7.15. The van der Waals surface area contributed by atoms with Gasteiger partial charge in [0.15, 0.2) is 0 Å². The van der Waals surface area contributed by atoms with Crippen molar-refractivity contribution < 1.29 is 19.6 Å². The average molecular weight is 164 g/mol. The molecule has 0 saturated carbocycles. The van der Waals surface area contributed by atoms with E-state index in [1.165, 1.54) is 0 Å². The van der Waals surface area contributed by atoms with Crippen molar-refractivity contribution in [2.24, 2.45) is 0 Å². The molecule has 0 atom stereocenters. The third kappa shape index (κ3) is 199. The standard InChI is InChI=1S/2H3O2P.H4Si/c2*1-3-2;/h2*1-3H;1H4. The van der Waals surface area contributed by atoms with Crippen LogP contribution in [-0.2, 0) is 0 Å². The summed E-state index contributed by atoms with van der Waals surface area (Å²) in [4.78, 5) is 28.6. The Kier molecular flexibility index (Phi) is 63.7.